The van der Waals surface area contributed by atoms with Gasteiger partial charge >= 0.3 is 6.61 Å². The Balaban J connectivity index is 2.41. The second kappa shape index (κ2) is 7.19. The normalized spacial score (nSPS) is 11.5. The summed E-state index contributed by atoms with van der Waals surface area (Å²) >= 11 is 0. The quantitative estimate of drug-likeness (QED) is 0.805. The molecule has 112 valence electrons. The molecular weight excluding hydrogens is 266 g/mol. The van der Waals surface area contributed by atoms with Crippen molar-refractivity contribution in [2.45, 2.75) is 32.4 Å². The average Bonchev–Trinajstić information content (AvgIpc) is 2.40. The molecular formula is C14H20F2N2O2. The molecule has 1 rings (SSSR count). The van der Waals surface area contributed by atoms with Crippen LogP contribution in [0.3, 0.4) is 0 Å². The highest BCUT2D eigenvalue weighted by Gasteiger charge is 2.24. The molecule has 0 radical (unpaired) electrons. The van der Waals surface area contributed by atoms with Gasteiger partial charge in [-0.15, -0.1) is 0 Å². The number of ether oxygens (including phenoxy) is 1. The number of hydrogen-bond acceptors (Lipinski definition) is 3. The van der Waals surface area contributed by atoms with Crippen molar-refractivity contribution in [2.24, 2.45) is 0 Å². The van der Waals surface area contributed by atoms with Crippen molar-refractivity contribution < 1.29 is 18.3 Å². The number of halogens is 2. The van der Waals surface area contributed by atoms with Crippen LogP contribution in [0.2, 0.25) is 0 Å². The van der Waals surface area contributed by atoms with Gasteiger partial charge in [0.15, 0.2) is 0 Å². The Hall–Kier alpha value is -1.69. The van der Waals surface area contributed by atoms with E-state index >= 15 is 0 Å². The van der Waals surface area contributed by atoms with Crippen LogP contribution in [0.1, 0.15) is 19.4 Å². The maximum absolute atomic E-state index is 12.0. The van der Waals surface area contributed by atoms with Gasteiger partial charge in [-0.2, -0.15) is 8.78 Å². The minimum absolute atomic E-state index is 0.0855. The summed E-state index contributed by atoms with van der Waals surface area (Å²) in [5.74, 6) is 0.0433. The summed E-state index contributed by atoms with van der Waals surface area (Å²) in [6.07, 6.45) is 0.625. The summed E-state index contributed by atoms with van der Waals surface area (Å²) in [4.78, 5) is 11.8. The third-order valence-electron chi connectivity index (χ3n) is 3.04. The zero-order chi connectivity index (χ0) is 15.2. The van der Waals surface area contributed by atoms with Crippen LogP contribution in [-0.4, -0.2) is 31.7 Å². The van der Waals surface area contributed by atoms with Crippen molar-refractivity contribution in [3.05, 3.63) is 29.8 Å². The number of likely N-dealkylation sites (N-methyl/N-ethyl adjacent to an activating group) is 1. The maximum Gasteiger partial charge on any atom is 0.387 e. The van der Waals surface area contributed by atoms with E-state index in [9.17, 15) is 13.6 Å². The number of hydrogen-bond donors (Lipinski definition) is 2. The number of amides is 1. The molecule has 2 N–H and O–H groups in total. The molecule has 4 nitrogen and oxygen atoms in total. The molecule has 1 aromatic carbocycles. The van der Waals surface area contributed by atoms with Crippen molar-refractivity contribution >= 4 is 5.91 Å². The predicted molar refractivity (Wildman–Crippen MR) is 72.9 cm³/mol. The van der Waals surface area contributed by atoms with Crippen molar-refractivity contribution in [1.82, 2.24) is 10.6 Å². The molecule has 0 saturated heterocycles. The standard InChI is InChI=1S/C14H20F2N2O2/c1-14(2,17-3)12(19)18-9-8-10-4-6-11(7-5-10)20-13(15)16/h4-7,13,17H,8-9H2,1-3H3,(H,18,19). The fraction of sp³-hybridized carbons (Fsp3) is 0.500. The summed E-state index contributed by atoms with van der Waals surface area (Å²) in [7, 11) is 1.72. The smallest absolute Gasteiger partial charge is 0.387 e. The highest BCUT2D eigenvalue weighted by molar-refractivity contribution is 5.85. The van der Waals surface area contributed by atoms with E-state index in [0.717, 1.165) is 5.56 Å². The lowest BCUT2D eigenvalue weighted by Gasteiger charge is -2.22. The molecule has 0 aliphatic rings. The molecule has 0 saturated carbocycles. The molecule has 0 aliphatic heterocycles. The lowest BCUT2D eigenvalue weighted by atomic mass is 10.1. The van der Waals surface area contributed by atoms with E-state index < -0.39 is 12.2 Å². The first-order valence-corrected chi connectivity index (χ1v) is 6.36. The van der Waals surface area contributed by atoms with Crippen LogP contribution in [0, 0.1) is 0 Å². The van der Waals surface area contributed by atoms with Gasteiger partial charge in [0.05, 0.1) is 5.54 Å². The molecule has 20 heavy (non-hydrogen) atoms. The molecule has 1 aromatic rings. The first-order chi connectivity index (χ1) is 9.35. The molecule has 0 bridgehead atoms. The summed E-state index contributed by atoms with van der Waals surface area (Å²) in [6.45, 7) is 1.25. The molecule has 1 amide bonds. The minimum atomic E-state index is -2.82. The fourth-order valence-electron chi connectivity index (χ4n) is 1.49. The molecule has 0 atom stereocenters. The lowest BCUT2D eigenvalue weighted by Crippen LogP contribution is -2.51. The topological polar surface area (TPSA) is 50.4 Å². The lowest BCUT2D eigenvalue weighted by molar-refractivity contribution is -0.126. The van der Waals surface area contributed by atoms with Crippen LogP contribution in [0.25, 0.3) is 0 Å². The second-order valence-electron chi connectivity index (χ2n) is 4.90. The van der Waals surface area contributed by atoms with Gasteiger partial charge in [-0.25, -0.2) is 0 Å². The predicted octanol–water partition coefficient (Wildman–Crippen LogP) is 1.94. The van der Waals surface area contributed by atoms with Gasteiger partial charge in [0.2, 0.25) is 5.91 Å². The number of rotatable bonds is 7. The Morgan fingerprint density at radius 3 is 2.40 bits per heavy atom. The summed E-state index contributed by atoms with van der Waals surface area (Å²) in [5.41, 5.74) is 0.323. The van der Waals surface area contributed by atoms with Crippen LogP contribution < -0.4 is 15.4 Å². The largest absolute Gasteiger partial charge is 0.435 e. The van der Waals surface area contributed by atoms with E-state index in [4.69, 9.17) is 0 Å². The first-order valence-electron chi connectivity index (χ1n) is 6.36. The SMILES string of the molecule is CNC(C)(C)C(=O)NCCc1ccc(OC(F)F)cc1. The Bertz CT molecular complexity index is 433. The van der Waals surface area contributed by atoms with Gasteiger partial charge in [-0.05, 0) is 45.0 Å². The zero-order valence-corrected chi connectivity index (χ0v) is 11.9. The van der Waals surface area contributed by atoms with Crippen molar-refractivity contribution in [2.75, 3.05) is 13.6 Å². The minimum Gasteiger partial charge on any atom is -0.435 e. The van der Waals surface area contributed by atoms with Crippen LogP contribution in [-0.2, 0) is 11.2 Å². The van der Waals surface area contributed by atoms with E-state index in [1.807, 2.05) is 0 Å². The maximum atomic E-state index is 12.0. The molecule has 0 unspecified atom stereocenters. The molecule has 0 aliphatic carbocycles. The van der Waals surface area contributed by atoms with Crippen molar-refractivity contribution in [1.29, 1.82) is 0 Å². The number of benzene rings is 1. The first kappa shape index (κ1) is 16.4. The van der Waals surface area contributed by atoms with Gasteiger partial charge in [0.25, 0.3) is 0 Å². The van der Waals surface area contributed by atoms with E-state index in [1.165, 1.54) is 12.1 Å². The molecule has 0 spiro atoms. The fourth-order valence-corrected chi connectivity index (χ4v) is 1.49. The average molecular weight is 286 g/mol. The van der Waals surface area contributed by atoms with Gasteiger partial charge in [0, 0.05) is 6.54 Å². The number of nitrogens with one attached hydrogen (secondary N) is 2. The summed E-state index contributed by atoms with van der Waals surface area (Å²) in [6, 6.07) is 6.38. The molecule has 0 heterocycles. The van der Waals surface area contributed by atoms with Crippen LogP contribution >= 0.6 is 0 Å². The highest BCUT2D eigenvalue weighted by Crippen LogP contribution is 2.15. The number of carbonyl (C=O) groups excluding carboxylic acids is 1. The highest BCUT2D eigenvalue weighted by atomic mass is 19.3. The Labute approximate surface area is 117 Å². The Kier molecular flexibility index (Phi) is 5.88. The summed E-state index contributed by atoms with van der Waals surface area (Å²) < 4.78 is 28.2. The Morgan fingerprint density at radius 1 is 1.30 bits per heavy atom. The molecule has 0 fully saturated rings. The van der Waals surface area contributed by atoms with Gasteiger partial charge in [0.1, 0.15) is 5.75 Å². The van der Waals surface area contributed by atoms with Gasteiger partial charge in [-0.1, -0.05) is 12.1 Å². The third kappa shape index (κ3) is 5.13. The Morgan fingerprint density at radius 2 is 1.90 bits per heavy atom. The van der Waals surface area contributed by atoms with Crippen molar-refractivity contribution in [3.8, 4) is 5.75 Å². The van der Waals surface area contributed by atoms with E-state index in [1.54, 1.807) is 33.0 Å². The van der Waals surface area contributed by atoms with Crippen molar-refractivity contribution in [3.63, 3.8) is 0 Å². The second-order valence-corrected chi connectivity index (χ2v) is 4.90. The molecule has 6 heteroatoms. The van der Waals surface area contributed by atoms with Crippen LogP contribution in [0.15, 0.2) is 24.3 Å². The van der Waals surface area contributed by atoms with E-state index in [2.05, 4.69) is 15.4 Å². The third-order valence-corrected chi connectivity index (χ3v) is 3.04. The summed E-state index contributed by atoms with van der Waals surface area (Å²) in [5, 5.41) is 5.73. The van der Waals surface area contributed by atoms with E-state index in [0.29, 0.717) is 13.0 Å². The van der Waals surface area contributed by atoms with E-state index in [-0.39, 0.29) is 11.7 Å². The van der Waals surface area contributed by atoms with Crippen LogP contribution in [0.4, 0.5) is 8.78 Å². The zero-order valence-electron chi connectivity index (χ0n) is 11.9. The van der Waals surface area contributed by atoms with Gasteiger partial charge < -0.3 is 15.4 Å². The van der Waals surface area contributed by atoms with Crippen LogP contribution in [0.5, 0.6) is 5.75 Å². The molecule has 0 aromatic heterocycles. The number of alkyl halides is 2. The number of carbonyl (C=O) groups is 1. The monoisotopic (exact) mass is 286 g/mol. The van der Waals surface area contributed by atoms with Gasteiger partial charge in [-0.3, -0.25) is 4.79 Å².